The molecule has 1 N–H and O–H groups in total. The fraction of sp³-hybridized carbons (Fsp3) is 0.667. The molecule has 3 unspecified atom stereocenters. The van der Waals surface area contributed by atoms with E-state index in [-0.39, 0.29) is 0 Å². The predicted octanol–water partition coefficient (Wildman–Crippen LogP) is 3.78. The van der Waals surface area contributed by atoms with Crippen LogP contribution in [0.5, 0.6) is 0 Å². The number of fused-ring (bicyclic) bond motifs is 1. The molecular formula is C18H27NO. The minimum atomic E-state index is 0.407. The van der Waals surface area contributed by atoms with Crippen LogP contribution in [0.4, 0.5) is 0 Å². The highest BCUT2D eigenvalue weighted by atomic mass is 16.5. The number of hydrogen-bond donors (Lipinski definition) is 1. The molecule has 0 amide bonds. The van der Waals surface area contributed by atoms with E-state index in [4.69, 9.17) is 4.74 Å². The topological polar surface area (TPSA) is 21.3 Å². The lowest BCUT2D eigenvalue weighted by Crippen LogP contribution is -2.29. The van der Waals surface area contributed by atoms with E-state index >= 15 is 0 Å². The van der Waals surface area contributed by atoms with Crippen molar-refractivity contribution in [1.82, 2.24) is 5.32 Å². The van der Waals surface area contributed by atoms with Gasteiger partial charge in [0, 0.05) is 12.6 Å². The van der Waals surface area contributed by atoms with Crippen molar-refractivity contribution in [3.8, 4) is 0 Å². The molecule has 20 heavy (non-hydrogen) atoms. The average molecular weight is 273 g/mol. The second kappa shape index (κ2) is 6.28. The molecule has 2 nitrogen and oxygen atoms in total. The summed E-state index contributed by atoms with van der Waals surface area (Å²) in [6.07, 6.45) is 8.50. The first-order valence-electron chi connectivity index (χ1n) is 8.23. The van der Waals surface area contributed by atoms with E-state index in [1.54, 1.807) is 11.1 Å². The maximum Gasteiger partial charge on any atom is 0.0704 e. The third-order valence-electron chi connectivity index (χ3n) is 4.84. The van der Waals surface area contributed by atoms with Gasteiger partial charge in [-0.15, -0.1) is 0 Å². The van der Waals surface area contributed by atoms with Gasteiger partial charge in [0.15, 0.2) is 0 Å². The van der Waals surface area contributed by atoms with Gasteiger partial charge < -0.3 is 10.1 Å². The Kier molecular flexibility index (Phi) is 4.42. The lowest BCUT2D eigenvalue weighted by atomic mass is 9.89. The summed E-state index contributed by atoms with van der Waals surface area (Å²) in [6, 6.07) is 7.49. The third-order valence-corrected chi connectivity index (χ3v) is 4.84. The molecule has 0 bridgehead atoms. The molecular weight excluding hydrogens is 246 g/mol. The summed E-state index contributed by atoms with van der Waals surface area (Å²) >= 11 is 0. The fourth-order valence-electron chi connectivity index (χ4n) is 3.48. The lowest BCUT2D eigenvalue weighted by molar-refractivity contribution is 0.0546. The van der Waals surface area contributed by atoms with Crippen LogP contribution in [0.2, 0.25) is 0 Å². The van der Waals surface area contributed by atoms with Gasteiger partial charge in [0.2, 0.25) is 0 Å². The van der Waals surface area contributed by atoms with Crippen molar-refractivity contribution >= 4 is 0 Å². The molecule has 0 saturated carbocycles. The lowest BCUT2D eigenvalue weighted by Gasteiger charge is -2.21. The van der Waals surface area contributed by atoms with Gasteiger partial charge in [-0.2, -0.15) is 0 Å². The number of hydrogen-bond acceptors (Lipinski definition) is 2. The van der Waals surface area contributed by atoms with Gasteiger partial charge in [-0.3, -0.25) is 0 Å². The number of benzene rings is 1. The van der Waals surface area contributed by atoms with Gasteiger partial charge in [-0.1, -0.05) is 18.2 Å². The van der Waals surface area contributed by atoms with Crippen molar-refractivity contribution in [3.05, 3.63) is 34.9 Å². The quantitative estimate of drug-likeness (QED) is 0.901. The number of ether oxygens (including phenoxy) is 1. The second-order valence-electron chi connectivity index (χ2n) is 6.51. The maximum absolute atomic E-state index is 5.88. The Hall–Kier alpha value is -0.860. The van der Waals surface area contributed by atoms with Crippen LogP contribution in [-0.4, -0.2) is 18.8 Å². The average Bonchev–Trinajstić information content (AvgIpc) is 2.90. The van der Waals surface area contributed by atoms with E-state index in [1.807, 2.05) is 0 Å². The Morgan fingerprint density at radius 1 is 1.20 bits per heavy atom. The van der Waals surface area contributed by atoms with E-state index < -0.39 is 0 Å². The van der Waals surface area contributed by atoms with Gasteiger partial charge in [0.25, 0.3) is 0 Å². The molecule has 2 aliphatic rings. The minimum Gasteiger partial charge on any atom is -0.374 e. The highest BCUT2D eigenvalue weighted by Gasteiger charge is 2.22. The molecule has 110 valence electrons. The second-order valence-corrected chi connectivity index (χ2v) is 6.51. The van der Waals surface area contributed by atoms with E-state index in [1.165, 1.54) is 44.1 Å². The number of rotatable bonds is 4. The van der Waals surface area contributed by atoms with Crippen LogP contribution >= 0.6 is 0 Å². The fourth-order valence-corrected chi connectivity index (χ4v) is 3.48. The zero-order valence-corrected chi connectivity index (χ0v) is 12.8. The first-order valence-corrected chi connectivity index (χ1v) is 8.23. The maximum atomic E-state index is 5.88. The number of aryl methyl sites for hydroxylation is 2. The molecule has 1 heterocycles. The molecule has 3 atom stereocenters. The molecule has 1 aromatic rings. The SMILES string of the molecule is CC1CCC(CNC(C)c2ccc3c(c2)CCCC3)O1. The molecule has 0 aromatic heterocycles. The van der Waals surface area contributed by atoms with Crippen LogP contribution in [0.3, 0.4) is 0 Å². The van der Waals surface area contributed by atoms with Crippen molar-refractivity contribution in [2.45, 2.75) is 70.6 Å². The summed E-state index contributed by atoms with van der Waals surface area (Å²) in [4.78, 5) is 0. The summed E-state index contributed by atoms with van der Waals surface area (Å²) in [5.74, 6) is 0. The third kappa shape index (κ3) is 3.24. The van der Waals surface area contributed by atoms with Crippen LogP contribution in [0, 0.1) is 0 Å². The van der Waals surface area contributed by atoms with E-state index in [2.05, 4.69) is 37.4 Å². The Balaban J connectivity index is 1.58. The smallest absolute Gasteiger partial charge is 0.0704 e. The minimum absolute atomic E-state index is 0.407. The van der Waals surface area contributed by atoms with Crippen molar-refractivity contribution in [1.29, 1.82) is 0 Å². The largest absolute Gasteiger partial charge is 0.374 e. The van der Waals surface area contributed by atoms with E-state index in [9.17, 15) is 0 Å². The van der Waals surface area contributed by atoms with Crippen molar-refractivity contribution in [2.24, 2.45) is 0 Å². The van der Waals surface area contributed by atoms with Gasteiger partial charge in [-0.25, -0.2) is 0 Å². The highest BCUT2D eigenvalue weighted by molar-refractivity contribution is 5.35. The Morgan fingerprint density at radius 3 is 2.75 bits per heavy atom. The first kappa shape index (κ1) is 14.1. The summed E-state index contributed by atoms with van der Waals surface area (Å²) < 4.78 is 5.88. The zero-order chi connectivity index (χ0) is 13.9. The summed E-state index contributed by atoms with van der Waals surface area (Å²) in [5, 5.41) is 3.64. The predicted molar refractivity (Wildman–Crippen MR) is 83.1 cm³/mol. The van der Waals surface area contributed by atoms with Crippen molar-refractivity contribution in [3.63, 3.8) is 0 Å². The van der Waals surface area contributed by atoms with Crippen LogP contribution in [0.1, 0.15) is 62.3 Å². The molecule has 3 rings (SSSR count). The molecule has 2 heteroatoms. The van der Waals surface area contributed by atoms with Crippen molar-refractivity contribution in [2.75, 3.05) is 6.54 Å². The standard InChI is InChI=1S/C18H27NO/c1-13-7-10-18(20-13)12-19-14(2)16-9-8-15-5-3-4-6-17(15)11-16/h8-9,11,13-14,18-19H,3-7,10,12H2,1-2H3. The van der Waals surface area contributed by atoms with Crippen molar-refractivity contribution < 1.29 is 4.74 Å². The van der Waals surface area contributed by atoms with Crippen LogP contribution in [0.15, 0.2) is 18.2 Å². The van der Waals surface area contributed by atoms with Crippen LogP contribution in [0.25, 0.3) is 0 Å². The summed E-state index contributed by atoms with van der Waals surface area (Å²) in [5.41, 5.74) is 4.57. The molecule has 0 radical (unpaired) electrons. The van der Waals surface area contributed by atoms with E-state index in [0.29, 0.717) is 18.2 Å². The van der Waals surface area contributed by atoms with Gasteiger partial charge >= 0.3 is 0 Å². The normalized spacial score (nSPS) is 27.3. The molecule has 1 fully saturated rings. The molecule has 1 aliphatic heterocycles. The summed E-state index contributed by atoms with van der Waals surface area (Å²) in [7, 11) is 0. The highest BCUT2D eigenvalue weighted by Crippen LogP contribution is 2.25. The van der Waals surface area contributed by atoms with Crippen LogP contribution < -0.4 is 5.32 Å². The van der Waals surface area contributed by atoms with Gasteiger partial charge in [0.05, 0.1) is 12.2 Å². The molecule has 1 aliphatic carbocycles. The Labute approximate surface area is 122 Å². The molecule has 1 aromatic carbocycles. The Morgan fingerprint density at radius 2 is 2.00 bits per heavy atom. The van der Waals surface area contributed by atoms with Crippen LogP contribution in [-0.2, 0) is 17.6 Å². The Bertz CT molecular complexity index is 457. The van der Waals surface area contributed by atoms with Gasteiger partial charge in [0.1, 0.15) is 0 Å². The van der Waals surface area contributed by atoms with Gasteiger partial charge in [-0.05, 0) is 69.1 Å². The monoisotopic (exact) mass is 273 g/mol. The summed E-state index contributed by atoms with van der Waals surface area (Å²) in [6.45, 7) is 5.42. The van der Waals surface area contributed by atoms with E-state index in [0.717, 1.165) is 6.54 Å². The number of nitrogens with one attached hydrogen (secondary N) is 1. The molecule has 1 saturated heterocycles. The first-order chi connectivity index (χ1) is 9.72. The zero-order valence-electron chi connectivity index (χ0n) is 12.8. The molecule has 0 spiro atoms.